The Labute approximate surface area is 123 Å². The minimum Gasteiger partial charge on any atom is -0.399 e. The largest absolute Gasteiger partial charge is 0.399 e. The van der Waals surface area contributed by atoms with E-state index in [-0.39, 0.29) is 6.04 Å². The van der Waals surface area contributed by atoms with Gasteiger partial charge in [0.1, 0.15) is 13.3 Å². The molecule has 0 fully saturated rings. The summed E-state index contributed by atoms with van der Waals surface area (Å²) in [5, 5.41) is 12.7. The van der Waals surface area contributed by atoms with Gasteiger partial charge >= 0.3 is 0 Å². The SMILES string of the molecule is CO/N=C/c1ncc2n1C(c1ccc(C#N)cc1)CCC2. The van der Waals surface area contributed by atoms with E-state index in [0.717, 1.165) is 25.1 Å². The summed E-state index contributed by atoms with van der Waals surface area (Å²) in [6.45, 7) is 0. The van der Waals surface area contributed by atoms with E-state index < -0.39 is 0 Å². The summed E-state index contributed by atoms with van der Waals surface area (Å²) in [6, 6.07) is 10.2. The molecule has 2 aromatic rings. The van der Waals surface area contributed by atoms with Gasteiger partial charge in [0.05, 0.1) is 17.7 Å². The number of benzene rings is 1. The average molecular weight is 280 g/mol. The smallest absolute Gasteiger partial charge is 0.155 e. The third-order valence-corrected chi connectivity index (χ3v) is 3.82. The molecule has 0 spiro atoms. The molecule has 1 aromatic heterocycles. The summed E-state index contributed by atoms with van der Waals surface area (Å²) in [5.41, 5.74) is 3.09. The Bertz CT molecular complexity index is 694. The third kappa shape index (κ3) is 2.52. The van der Waals surface area contributed by atoms with E-state index in [4.69, 9.17) is 10.1 Å². The molecule has 21 heavy (non-hydrogen) atoms. The highest BCUT2D eigenvalue weighted by Crippen LogP contribution is 2.31. The zero-order chi connectivity index (χ0) is 14.7. The molecular weight excluding hydrogens is 264 g/mol. The van der Waals surface area contributed by atoms with Crippen LogP contribution in [0.2, 0.25) is 0 Å². The summed E-state index contributed by atoms with van der Waals surface area (Å²) < 4.78 is 2.22. The monoisotopic (exact) mass is 280 g/mol. The molecule has 0 bridgehead atoms. The van der Waals surface area contributed by atoms with E-state index in [0.29, 0.717) is 5.56 Å². The number of rotatable bonds is 3. The molecule has 2 heterocycles. The zero-order valence-electron chi connectivity index (χ0n) is 11.9. The lowest BCUT2D eigenvalue weighted by molar-refractivity contribution is 0.215. The summed E-state index contributed by atoms with van der Waals surface area (Å²) in [6.07, 6.45) is 6.78. The highest BCUT2D eigenvalue weighted by atomic mass is 16.6. The van der Waals surface area contributed by atoms with Gasteiger partial charge in [0.25, 0.3) is 0 Å². The van der Waals surface area contributed by atoms with Gasteiger partial charge in [0, 0.05) is 11.9 Å². The first kappa shape index (κ1) is 13.4. The Morgan fingerprint density at radius 3 is 2.95 bits per heavy atom. The predicted molar refractivity (Wildman–Crippen MR) is 79.1 cm³/mol. The van der Waals surface area contributed by atoms with E-state index >= 15 is 0 Å². The molecule has 0 N–H and O–H groups in total. The summed E-state index contributed by atoms with van der Waals surface area (Å²) in [7, 11) is 1.52. The Hall–Kier alpha value is -2.61. The molecular formula is C16H16N4O. The van der Waals surface area contributed by atoms with Gasteiger partial charge in [-0.05, 0) is 37.0 Å². The second-order valence-electron chi connectivity index (χ2n) is 5.04. The first-order valence-corrected chi connectivity index (χ1v) is 6.96. The molecule has 0 amide bonds. The van der Waals surface area contributed by atoms with Gasteiger partial charge in [-0.3, -0.25) is 0 Å². The van der Waals surface area contributed by atoms with Gasteiger partial charge in [-0.1, -0.05) is 17.3 Å². The van der Waals surface area contributed by atoms with E-state index in [1.54, 1.807) is 6.21 Å². The number of imidazole rings is 1. The lowest BCUT2D eigenvalue weighted by atomic mass is 9.95. The van der Waals surface area contributed by atoms with Crippen molar-refractivity contribution in [2.45, 2.75) is 25.3 Å². The molecule has 0 aliphatic carbocycles. The van der Waals surface area contributed by atoms with E-state index in [1.807, 2.05) is 30.5 Å². The molecule has 1 aromatic carbocycles. The second-order valence-corrected chi connectivity index (χ2v) is 5.04. The van der Waals surface area contributed by atoms with Crippen molar-refractivity contribution >= 4 is 6.21 Å². The molecule has 1 aliphatic heterocycles. The third-order valence-electron chi connectivity index (χ3n) is 3.82. The van der Waals surface area contributed by atoms with Crippen LogP contribution in [0.25, 0.3) is 0 Å². The number of nitrogens with zero attached hydrogens (tertiary/aromatic N) is 4. The van der Waals surface area contributed by atoms with Crippen LogP contribution in [0.5, 0.6) is 0 Å². The molecule has 0 saturated heterocycles. The van der Waals surface area contributed by atoms with Gasteiger partial charge < -0.3 is 9.40 Å². The first-order valence-electron chi connectivity index (χ1n) is 6.96. The summed E-state index contributed by atoms with van der Waals surface area (Å²) in [5.74, 6) is 0.806. The molecule has 1 atom stereocenters. The van der Waals surface area contributed by atoms with Crippen molar-refractivity contribution in [1.29, 1.82) is 5.26 Å². The van der Waals surface area contributed by atoms with Crippen LogP contribution in [0.1, 0.15) is 41.5 Å². The van der Waals surface area contributed by atoms with Crippen LogP contribution in [0.4, 0.5) is 0 Å². The van der Waals surface area contributed by atoms with Crippen molar-refractivity contribution in [3.05, 3.63) is 53.1 Å². The predicted octanol–water partition coefficient (Wildman–Crippen LogP) is 2.66. The maximum atomic E-state index is 8.91. The number of nitriles is 1. The van der Waals surface area contributed by atoms with Crippen molar-refractivity contribution in [1.82, 2.24) is 9.55 Å². The van der Waals surface area contributed by atoms with Crippen molar-refractivity contribution < 1.29 is 4.84 Å². The normalized spacial score (nSPS) is 17.4. The average Bonchev–Trinajstić information content (AvgIpc) is 2.96. The van der Waals surface area contributed by atoms with Crippen molar-refractivity contribution in [3.63, 3.8) is 0 Å². The quantitative estimate of drug-likeness (QED) is 0.641. The fraction of sp³-hybridized carbons (Fsp3) is 0.312. The van der Waals surface area contributed by atoms with Crippen LogP contribution in [0.15, 0.2) is 35.6 Å². The van der Waals surface area contributed by atoms with Crippen LogP contribution in [-0.4, -0.2) is 22.9 Å². The maximum Gasteiger partial charge on any atom is 0.155 e. The van der Waals surface area contributed by atoms with Crippen LogP contribution in [0.3, 0.4) is 0 Å². The Morgan fingerprint density at radius 1 is 1.43 bits per heavy atom. The van der Waals surface area contributed by atoms with E-state index in [2.05, 4.69) is 20.8 Å². The van der Waals surface area contributed by atoms with Crippen molar-refractivity contribution in [3.8, 4) is 6.07 Å². The Kier molecular flexibility index (Phi) is 3.69. The Balaban J connectivity index is 2.00. The van der Waals surface area contributed by atoms with Gasteiger partial charge in [0.2, 0.25) is 0 Å². The molecule has 5 heteroatoms. The molecule has 0 saturated carbocycles. The lowest BCUT2D eigenvalue weighted by Crippen LogP contribution is -2.20. The highest BCUT2D eigenvalue weighted by Gasteiger charge is 2.24. The van der Waals surface area contributed by atoms with Crippen LogP contribution >= 0.6 is 0 Å². The minimum absolute atomic E-state index is 0.238. The van der Waals surface area contributed by atoms with Gasteiger partial charge in [-0.15, -0.1) is 0 Å². The number of aromatic nitrogens is 2. The standard InChI is InChI=1S/C16H16N4O/c1-21-19-11-16-18-10-14-3-2-4-15(20(14)16)13-7-5-12(9-17)6-8-13/h5-8,10-11,15H,2-4H2,1H3/b19-11+. The molecule has 1 aliphatic rings. The first-order chi connectivity index (χ1) is 10.3. The summed E-state index contributed by atoms with van der Waals surface area (Å²) >= 11 is 0. The molecule has 106 valence electrons. The fourth-order valence-corrected chi connectivity index (χ4v) is 2.85. The maximum absolute atomic E-state index is 8.91. The van der Waals surface area contributed by atoms with E-state index in [9.17, 15) is 0 Å². The number of hydrogen-bond donors (Lipinski definition) is 0. The minimum atomic E-state index is 0.238. The number of oxime groups is 1. The topological polar surface area (TPSA) is 63.2 Å². The van der Waals surface area contributed by atoms with Crippen LogP contribution in [-0.2, 0) is 11.3 Å². The molecule has 0 radical (unpaired) electrons. The fourth-order valence-electron chi connectivity index (χ4n) is 2.85. The van der Waals surface area contributed by atoms with Crippen molar-refractivity contribution in [2.24, 2.45) is 5.16 Å². The zero-order valence-corrected chi connectivity index (χ0v) is 11.9. The Morgan fingerprint density at radius 2 is 2.24 bits per heavy atom. The van der Waals surface area contributed by atoms with Gasteiger partial charge in [0.15, 0.2) is 5.82 Å². The van der Waals surface area contributed by atoms with Crippen LogP contribution < -0.4 is 0 Å². The molecule has 5 nitrogen and oxygen atoms in total. The summed E-state index contributed by atoms with van der Waals surface area (Å²) in [4.78, 5) is 9.18. The van der Waals surface area contributed by atoms with Gasteiger partial charge in [-0.25, -0.2) is 4.98 Å². The second kappa shape index (κ2) is 5.80. The molecule has 3 rings (SSSR count). The number of hydrogen-bond acceptors (Lipinski definition) is 4. The van der Waals surface area contributed by atoms with Crippen LogP contribution in [0, 0.1) is 11.3 Å². The number of fused-ring (bicyclic) bond motifs is 1. The lowest BCUT2D eigenvalue weighted by Gasteiger charge is -2.27. The van der Waals surface area contributed by atoms with Gasteiger partial charge in [-0.2, -0.15) is 5.26 Å². The van der Waals surface area contributed by atoms with Crippen molar-refractivity contribution in [2.75, 3.05) is 7.11 Å². The highest BCUT2D eigenvalue weighted by molar-refractivity contribution is 5.74. The number of aryl methyl sites for hydroxylation is 1. The van der Waals surface area contributed by atoms with E-state index in [1.165, 1.54) is 18.4 Å². The molecule has 1 unspecified atom stereocenters.